The van der Waals surface area contributed by atoms with Crippen LogP contribution in [-0.2, 0) is 11.3 Å². The van der Waals surface area contributed by atoms with Crippen molar-refractivity contribution in [1.82, 2.24) is 15.1 Å². The quantitative estimate of drug-likeness (QED) is 0.662. The highest BCUT2D eigenvalue weighted by molar-refractivity contribution is 5.75. The summed E-state index contributed by atoms with van der Waals surface area (Å²) in [5.41, 5.74) is 5.82. The zero-order valence-electron chi connectivity index (χ0n) is 10.7. The van der Waals surface area contributed by atoms with Gasteiger partial charge in [0.1, 0.15) is 6.54 Å². The fourth-order valence-electron chi connectivity index (χ4n) is 1.46. The second-order valence-electron chi connectivity index (χ2n) is 3.87. The number of nitrogens with zero attached hydrogens (tertiary/aromatic N) is 3. The standard InChI is InChI=1S/C11H19N5O2/c1-3-13-10(17)8-16-11(18)6-9(7-14-16)15(2)5-4-12/h6-7H,3-5,8,12H2,1-2H3,(H,13,17). The Hall–Kier alpha value is -1.89. The van der Waals surface area contributed by atoms with Gasteiger partial charge >= 0.3 is 0 Å². The Morgan fingerprint density at radius 2 is 2.33 bits per heavy atom. The Morgan fingerprint density at radius 1 is 1.61 bits per heavy atom. The van der Waals surface area contributed by atoms with E-state index >= 15 is 0 Å². The van der Waals surface area contributed by atoms with Gasteiger partial charge < -0.3 is 16.0 Å². The van der Waals surface area contributed by atoms with Gasteiger partial charge in [-0.05, 0) is 6.92 Å². The summed E-state index contributed by atoms with van der Waals surface area (Å²) < 4.78 is 1.13. The maximum Gasteiger partial charge on any atom is 0.269 e. The van der Waals surface area contributed by atoms with Crippen molar-refractivity contribution in [3.63, 3.8) is 0 Å². The maximum atomic E-state index is 11.8. The molecule has 0 aliphatic rings. The van der Waals surface area contributed by atoms with Crippen LogP contribution in [0.3, 0.4) is 0 Å². The molecular weight excluding hydrogens is 234 g/mol. The van der Waals surface area contributed by atoms with Gasteiger partial charge in [-0.2, -0.15) is 5.10 Å². The van der Waals surface area contributed by atoms with Crippen LogP contribution in [-0.4, -0.2) is 42.4 Å². The number of amides is 1. The lowest BCUT2D eigenvalue weighted by atomic mass is 10.4. The minimum Gasteiger partial charge on any atom is -0.372 e. The smallest absolute Gasteiger partial charge is 0.269 e. The molecule has 0 bridgehead atoms. The minimum absolute atomic E-state index is 0.0619. The van der Waals surface area contributed by atoms with E-state index in [1.54, 1.807) is 6.20 Å². The van der Waals surface area contributed by atoms with Crippen molar-refractivity contribution in [2.24, 2.45) is 5.73 Å². The number of nitrogens with two attached hydrogens (primary N) is 1. The molecule has 1 amide bonds. The average molecular weight is 253 g/mol. The molecule has 3 N–H and O–H groups in total. The third-order valence-electron chi connectivity index (χ3n) is 2.43. The van der Waals surface area contributed by atoms with Crippen LogP contribution in [0.4, 0.5) is 5.69 Å². The number of likely N-dealkylation sites (N-methyl/N-ethyl adjacent to an activating group) is 2. The molecule has 1 aromatic rings. The molecule has 18 heavy (non-hydrogen) atoms. The fourth-order valence-corrected chi connectivity index (χ4v) is 1.46. The van der Waals surface area contributed by atoms with Crippen molar-refractivity contribution in [3.8, 4) is 0 Å². The summed E-state index contributed by atoms with van der Waals surface area (Å²) in [5.74, 6) is -0.227. The largest absolute Gasteiger partial charge is 0.372 e. The summed E-state index contributed by atoms with van der Waals surface area (Å²) in [6.45, 7) is 3.43. The molecule has 1 rings (SSSR count). The highest BCUT2D eigenvalue weighted by atomic mass is 16.2. The Labute approximate surface area is 106 Å². The predicted octanol–water partition coefficient (Wildman–Crippen LogP) is -1.23. The van der Waals surface area contributed by atoms with Crippen molar-refractivity contribution >= 4 is 11.6 Å². The molecule has 1 heterocycles. The molecule has 7 nitrogen and oxygen atoms in total. The molecule has 0 unspecified atom stereocenters. The molecule has 0 saturated carbocycles. The van der Waals surface area contributed by atoms with E-state index in [2.05, 4.69) is 10.4 Å². The van der Waals surface area contributed by atoms with Gasteiger partial charge in [-0.1, -0.05) is 0 Å². The number of hydrogen-bond acceptors (Lipinski definition) is 5. The molecule has 100 valence electrons. The Kier molecular flexibility index (Phi) is 5.31. The molecule has 0 fully saturated rings. The van der Waals surface area contributed by atoms with E-state index in [1.165, 1.54) is 6.07 Å². The number of aromatic nitrogens is 2. The van der Waals surface area contributed by atoms with Gasteiger partial charge in [0.15, 0.2) is 0 Å². The molecule has 0 atom stereocenters. The minimum atomic E-state index is -0.303. The third kappa shape index (κ3) is 3.85. The second-order valence-corrected chi connectivity index (χ2v) is 3.87. The molecule has 0 saturated heterocycles. The van der Waals surface area contributed by atoms with E-state index in [0.717, 1.165) is 4.68 Å². The lowest BCUT2D eigenvalue weighted by Gasteiger charge is -2.17. The third-order valence-corrected chi connectivity index (χ3v) is 2.43. The van der Waals surface area contributed by atoms with Gasteiger partial charge in [0.05, 0.1) is 11.9 Å². The van der Waals surface area contributed by atoms with Crippen molar-refractivity contribution in [2.45, 2.75) is 13.5 Å². The van der Waals surface area contributed by atoms with Crippen LogP contribution in [0.2, 0.25) is 0 Å². The van der Waals surface area contributed by atoms with Gasteiger partial charge in [-0.15, -0.1) is 0 Å². The van der Waals surface area contributed by atoms with Crippen LogP contribution in [0.5, 0.6) is 0 Å². The number of hydrogen-bond donors (Lipinski definition) is 2. The van der Waals surface area contributed by atoms with Crippen LogP contribution in [0.15, 0.2) is 17.1 Å². The van der Waals surface area contributed by atoms with E-state index in [4.69, 9.17) is 5.73 Å². The van der Waals surface area contributed by atoms with Crippen molar-refractivity contribution in [1.29, 1.82) is 0 Å². The van der Waals surface area contributed by atoms with Gasteiger partial charge in [0.2, 0.25) is 5.91 Å². The van der Waals surface area contributed by atoms with Crippen LogP contribution in [0, 0.1) is 0 Å². The van der Waals surface area contributed by atoms with E-state index in [-0.39, 0.29) is 18.0 Å². The Bertz CT molecular complexity index is 457. The fraction of sp³-hybridized carbons (Fsp3) is 0.545. The van der Waals surface area contributed by atoms with Gasteiger partial charge in [0.25, 0.3) is 5.56 Å². The average Bonchev–Trinajstić information content (AvgIpc) is 2.32. The maximum absolute atomic E-state index is 11.8. The lowest BCUT2D eigenvalue weighted by molar-refractivity contribution is -0.121. The second kappa shape index (κ2) is 6.75. The zero-order chi connectivity index (χ0) is 13.5. The van der Waals surface area contributed by atoms with E-state index in [1.807, 2.05) is 18.9 Å². The van der Waals surface area contributed by atoms with Gasteiger partial charge in [-0.25, -0.2) is 4.68 Å². The summed E-state index contributed by atoms with van der Waals surface area (Å²) >= 11 is 0. The normalized spacial score (nSPS) is 10.2. The summed E-state index contributed by atoms with van der Waals surface area (Å²) in [4.78, 5) is 24.9. The predicted molar refractivity (Wildman–Crippen MR) is 69.5 cm³/mol. The summed E-state index contributed by atoms with van der Waals surface area (Å²) in [7, 11) is 1.83. The Morgan fingerprint density at radius 3 is 2.89 bits per heavy atom. The lowest BCUT2D eigenvalue weighted by Crippen LogP contribution is -2.34. The SMILES string of the molecule is CCNC(=O)Cn1ncc(N(C)CCN)cc1=O. The first-order valence-corrected chi connectivity index (χ1v) is 5.83. The van der Waals surface area contributed by atoms with Crippen molar-refractivity contribution in [2.75, 3.05) is 31.6 Å². The first-order chi connectivity index (χ1) is 8.58. The molecule has 0 spiro atoms. The molecule has 0 aliphatic carbocycles. The number of carbonyl (C=O) groups excluding carboxylic acids is 1. The molecular formula is C11H19N5O2. The van der Waals surface area contributed by atoms with Crippen LogP contribution in [0.25, 0.3) is 0 Å². The van der Waals surface area contributed by atoms with Crippen LogP contribution >= 0.6 is 0 Å². The topological polar surface area (TPSA) is 93.2 Å². The highest BCUT2D eigenvalue weighted by Crippen LogP contribution is 2.05. The number of anilines is 1. The number of nitrogens with one attached hydrogen (secondary N) is 1. The molecule has 7 heteroatoms. The first kappa shape index (κ1) is 14.2. The number of carbonyl (C=O) groups is 1. The van der Waals surface area contributed by atoms with E-state index < -0.39 is 0 Å². The van der Waals surface area contributed by atoms with Crippen LogP contribution in [0.1, 0.15) is 6.92 Å². The summed E-state index contributed by atoms with van der Waals surface area (Å²) in [6.07, 6.45) is 1.55. The van der Waals surface area contributed by atoms with Gasteiger partial charge in [0, 0.05) is 32.7 Å². The highest BCUT2D eigenvalue weighted by Gasteiger charge is 2.07. The molecule has 0 aliphatic heterocycles. The van der Waals surface area contributed by atoms with Gasteiger partial charge in [-0.3, -0.25) is 9.59 Å². The molecule has 0 radical (unpaired) electrons. The van der Waals surface area contributed by atoms with E-state index in [0.29, 0.717) is 25.3 Å². The van der Waals surface area contributed by atoms with Crippen molar-refractivity contribution < 1.29 is 4.79 Å². The van der Waals surface area contributed by atoms with E-state index in [9.17, 15) is 9.59 Å². The summed E-state index contributed by atoms with van der Waals surface area (Å²) in [6, 6.07) is 1.45. The van der Waals surface area contributed by atoms with Crippen molar-refractivity contribution in [3.05, 3.63) is 22.6 Å². The van der Waals surface area contributed by atoms with Crippen LogP contribution < -0.4 is 21.5 Å². The summed E-state index contributed by atoms with van der Waals surface area (Å²) in [5, 5.41) is 6.58. The number of rotatable bonds is 6. The monoisotopic (exact) mass is 253 g/mol. The first-order valence-electron chi connectivity index (χ1n) is 5.83. The zero-order valence-corrected chi connectivity index (χ0v) is 10.7. The molecule has 0 aromatic carbocycles. The molecule has 1 aromatic heterocycles. The Balaban J connectivity index is 2.80.